The standard InChI is InChI=1S/C12H12O2S6/c1-5(2)8-17-11-12(18-8)20-10(19-11)9-15-6(13-3)7(14-4)16-9/h1-4H3. The molecule has 0 fully saturated rings. The van der Waals surface area contributed by atoms with Crippen LogP contribution in [-0.2, 0) is 9.47 Å². The third-order valence-corrected chi connectivity index (χ3v) is 11.4. The summed E-state index contributed by atoms with van der Waals surface area (Å²) in [6, 6.07) is 0. The van der Waals surface area contributed by atoms with Crippen molar-refractivity contribution in [2.75, 3.05) is 14.2 Å². The first-order valence-electron chi connectivity index (χ1n) is 5.67. The van der Waals surface area contributed by atoms with E-state index in [0.717, 1.165) is 10.2 Å². The summed E-state index contributed by atoms with van der Waals surface area (Å²) < 4.78 is 17.6. The van der Waals surface area contributed by atoms with Crippen LogP contribution in [0.2, 0.25) is 0 Å². The van der Waals surface area contributed by atoms with Crippen molar-refractivity contribution in [1.82, 2.24) is 0 Å². The van der Waals surface area contributed by atoms with E-state index in [1.807, 2.05) is 47.0 Å². The number of thioether (sulfide) groups is 6. The molecule has 0 aromatic rings. The Bertz CT molecular complexity index is 543. The average molecular weight is 381 g/mol. The quantitative estimate of drug-likeness (QED) is 0.544. The third-order valence-electron chi connectivity index (χ3n) is 2.39. The Hall–Kier alpha value is 0.660. The Balaban J connectivity index is 1.73. The van der Waals surface area contributed by atoms with E-state index in [1.54, 1.807) is 37.7 Å². The van der Waals surface area contributed by atoms with Gasteiger partial charge in [-0.25, -0.2) is 0 Å². The lowest BCUT2D eigenvalue weighted by molar-refractivity contribution is 0.267. The van der Waals surface area contributed by atoms with Crippen LogP contribution in [0, 0.1) is 0 Å². The Morgan fingerprint density at radius 1 is 0.650 bits per heavy atom. The van der Waals surface area contributed by atoms with Crippen LogP contribution in [0.15, 0.2) is 36.9 Å². The number of allylic oxidation sites excluding steroid dienone is 1. The van der Waals surface area contributed by atoms with Crippen LogP contribution in [-0.4, -0.2) is 14.2 Å². The van der Waals surface area contributed by atoms with Gasteiger partial charge in [-0.15, -0.1) is 0 Å². The van der Waals surface area contributed by atoms with E-state index in [9.17, 15) is 0 Å². The lowest BCUT2D eigenvalue weighted by Gasteiger charge is -2.06. The summed E-state index contributed by atoms with van der Waals surface area (Å²) in [7, 11) is 3.38. The molecule has 3 aliphatic rings. The van der Waals surface area contributed by atoms with Crippen molar-refractivity contribution < 1.29 is 9.47 Å². The van der Waals surface area contributed by atoms with Gasteiger partial charge in [0.15, 0.2) is 0 Å². The monoisotopic (exact) mass is 380 g/mol. The Labute approximate surface area is 144 Å². The second-order valence-electron chi connectivity index (χ2n) is 4.03. The highest BCUT2D eigenvalue weighted by molar-refractivity contribution is 8.49. The summed E-state index contributed by atoms with van der Waals surface area (Å²) in [6.45, 7) is 4.35. The maximum atomic E-state index is 5.36. The van der Waals surface area contributed by atoms with Crippen molar-refractivity contribution in [2.45, 2.75) is 13.8 Å². The summed E-state index contributed by atoms with van der Waals surface area (Å²) in [4.78, 5) is 0. The molecular formula is C12H12O2S6. The molecule has 0 atom stereocenters. The van der Waals surface area contributed by atoms with E-state index >= 15 is 0 Å². The Kier molecular flexibility index (Phi) is 4.99. The number of hydrogen-bond donors (Lipinski definition) is 0. The molecule has 3 rings (SSSR count). The number of rotatable bonds is 2. The van der Waals surface area contributed by atoms with E-state index < -0.39 is 0 Å². The molecule has 3 heterocycles. The van der Waals surface area contributed by atoms with Crippen LogP contribution < -0.4 is 0 Å². The summed E-state index contributed by atoms with van der Waals surface area (Å²) in [5.41, 5.74) is 1.40. The molecule has 108 valence electrons. The smallest absolute Gasteiger partial charge is 0.208 e. The van der Waals surface area contributed by atoms with Crippen molar-refractivity contribution >= 4 is 70.6 Å². The summed E-state index contributed by atoms with van der Waals surface area (Å²) in [6.07, 6.45) is 0. The minimum absolute atomic E-state index is 0.860. The zero-order valence-electron chi connectivity index (χ0n) is 11.3. The molecular weight excluding hydrogens is 369 g/mol. The lowest BCUT2D eigenvalue weighted by Crippen LogP contribution is -1.83. The first-order chi connectivity index (χ1) is 9.62. The maximum absolute atomic E-state index is 5.36. The van der Waals surface area contributed by atoms with Crippen LogP contribution in [0.5, 0.6) is 0 Å². The van der Waals surface area contributed by atoms with Gasteiger partial charge in [-0.2, -0.15) is 0 Å². The van der Waals surface area contributed by atoms with Crippen LogP contribution >= 0.6 is 70.6 Å². The lowest BCUT2D eigenvalue weighted by atomic mass is 10.4. The molecule has 2 nitrogen and oxygen atoms in total. The van der Waals surface area contributed by atoms with Gasteiger partial charge in [-0.05, 0) is 37.4 Å². The topological polar surface area (TPSA) is 18.5 Å². The molecule has 0 unspecified atom stereocenters. The van der Waals surface area contributed by atoms with Crippen LogP contribution in [0.4, 0.5) is 0 Å². The normalized spacial score (nSPS) is 22.1. The molecule has 8 heteroatoms. The summed E-state index contributed by atoms with van der Waals surface area (Å²) in [5, 5.41) is 1.72. The van der Waals surface area contributed by atoms with Crippen molar-refractivity contribution in [1.29, 1.82) is 0 Å². The Morgan fingerprint density at radius 3 is 1.45 bits per heavy atom. The molecule has 0 saturated heterocycles. The molecule has 0 radical (unpaired) electrons. The summed E-state index contributed by atoms with van der Waals surface area (Å²) in [5.74, 6) is 0. The zero-order chi connectivity index (χ0) is 14.3. The largest absolute Gasteiger partial charge is 0.487 e. The fourth-order valence-corrected chi connectivity index (χ4v) is 10.2. The van der Waals surface area contributed by atoms with E-state index in [1.165, 1.54) is 26.8 Å². The second-order valence-corrected chi connectivity index (χ2v) is 11.4. The van der Waals surface area contributed by atoms with Gasteiger partial charge in [0, 0.05) is 4.24 Å². The van der Waals surface area contributed by atoms with Crippen molar-refractivity contribution in [3.63, 3.8) is 0 Å². The van der Waals surface area contributed by atoms with E-state index in [2.05, 4.69) is 13.8 Å². The number of ether oxygens (including phenoxy) is 2. The first-order valence-corrected chi connectivity index (χ1v) is 10.6. The fourth-order valence-electron chi connectivity index (χ4n) is 1.48. The van der Waals surface area contributed by atoms with Crippen LogP contribution in [0.3, 0.4) is 0 Å². The zero-order valence-corrected chi connectivity index (χ0v) is 16.2. The molecule has 0 saturated carbocycles. The second kappa shape index (κ2) is 6.42. The van der Waals surface area contributed by atoms with Gasteiger partial charge < -0.3 is 9.47 Å². The van der Waals surface area contributed by atoms with Crippen molar-refractivity contribution in [3.05, 3.63) is 36.9 Å². The molecule has 0 bridgehead atoms. The number of methoxy groups -OCH3 is 2. The molecule has 0 aromatic carbocycles. The third kappa shape index (κ3) is 2.92. The fraction of sp³-hybridized carbons (Fsp3) is 0.333. The van der Waals surface area contributed by atoms with Crippen molar-refractivity contribution in [3.8, 4) is 0 Å². The van der Waals surface area contributed by atoms with Gasteiger partial charge in [0.05, 0.1) is 31.2 Å². The van der Waals surface area contributed by atoms with E-state index in [-0.39, 0.29) is 0 Å². The van der Waals surface area contributed by atoms with Gasteiger partial charge >= 0.3 is 0 Å². The molecule has 3 aliphatic heterocycles. The molecule has 20 heavy (non-hydrogen) atoms. The van der Waals surface area contributed by atoms with E-state index in [0.29, 0.717) is 0 Å². The molecule has 0 aliphatic carbocycles. The van der Waals surface area contributed by atoms with Gasteiger partial charge in [0.25, 0.3) is 0 Å². The van der Waals surface area contributed by atoms with Gasteiger partial charge in [0.1, 0.15) is 0 Å². The highest BCUT2D eigenvalue weighted by atomic mass is 32.3. The highest BCUT2D eigenvalue weighted by Gasteiger charge is 2.35. The predicted molar refractivity (Wildman–Crippen MR) is 99.0 cm³/mol. The minimum atomic E-state index is 0.860. The van der Waals surface area contributed by atoms with E-state index in [4.69, 9.17) is 9.47 Å². The average Bonchev–Trinajstić information content (AvgIpc) is 3.09. The summed E-state index contributed by atoms with van der Waals surface area (Å²) >= 11 is 10.9. The highest BCUT2D eigenvalue weighted by Crippen LogP contribution is 2.69. The molecule has 0 aromatic heterocycles. The van der Waals surface area contributed by atoms with Crippen LogP contribution in [0.25, 0.3) is 0 Å². The van der Waals surface area contributed by atoms with Gasteiger partial charge in [0.2, 0.25) is 10.2 Å². The SMILES string of the molecule is COC1=C(OC)SC(=C2SC3=C(SC(=C(C)C)S3)S2)S1. The minimum Gasteiger partial charge on any atom is -0.487 e. The van der Waals surface area contributed by atoms with Gasteiger partial charge in [-0.1, -0.05) is 52.6 Å². The Morgan fingerprint density at radius 2 is 1.05 bits per heavy atom. The van der Waals surface area contributed by atoms with Gasteiger partial charge in [-0.3, -0.25) is 0 Å². The van der Waals surface area contributed by atoms with Crippen molar-refractivity contribution in [2.24, 2.45) is 0 Å². The molecule has 0 amide bonds. The predicted octanol–water partition coefficient (Wildman–Crippen LogP) is 6.35. The molecule has 0 N–H and O–H groups in total. The maximum Gasteiger partial charge on any atom is 0.208 e. The number of hydrogen-bond acceptors (Lipinski definition) is 8. The molecule has 0 spiro atoms. The first kappa shape index (κ1) is 15.6. The van der Waals surface area contributed by atoms with Crippen LogP contribution in [0.1, 0.15) is 13.8 Å².